The lowest BCUT2D eigenvalue weighted by atomic mass is 10.4. The van der Waals surface area contributed by atoms with E-state index >= 15 is 0 Å². The molecular formula is C9H16N2O6S. The molecule has 0 saturated carbocycles. The predicted molar refractivity (Wildman–Crippen MR) is 61.5 cm³/mol. The molecule has 2 amide bonds. The van der Waals surface area contributed by atoms with Gasteiger partial charge in [-0.25, -0.2) is 22.3 Å². The van der Waals surface area contributed by atoms with Gasteiger partial charge in [-0.05, 0) is 6.42 Å². The van der Waals surface area contributed by atoms with Crippen molar-refractivity contribution in [2.24, 2.45) is 0 Å². The topological polar surface area (TPSA) is 93.2 Å². The highest BCUT2D eigenvalue weighted by Crippen LogP contribution is 2.04. The lowest BCUT2D eigenvalue weighted by molar-refractivity contribution is 0.104. The van der Waals surface area contributed by atoms with Crippen LogP contribution in [-0.4, -0.2) is 69.4 Å². The van der Waals surface area contributed by atoms with E-state index in [1.807, 2.05) is 0 Å². The molecule has 1 rings (SSSR count). The molecule has 1 saturated heterocycles. The SMILES string of the molecule is CN(C(=O)OC(=O)N1CCCOCC1)S(C)(=O)=O. The van der Waals surface area contributed by atoms with Crippen molar-refractivity contribution in [3.05, 3.63) is 0 Å². The minimum atomic E-state index is -3.72. The minimum Gasteiger partial charge on any atom is -0.380 e. The molecule has 0 radical (unpaired) electrons. The van der Waals surface area contributed by atoms with Crippen molar-refractivity contribution >= 4 is 22.2 Å². The summed E-state index contributed by atoms with van der Waals surface area (Å²) in [6.45, 7) is 1.63. The predicted octanol–water partition coefficient (Wildman–Crippen LogP) is -0.143. The molecule has 0 bridgehead atoms. The fraction of sp³-hybridized carbons (Fsp3) is 0.778. The van der Waals surface area contributed by atoms with Crippen LogP contribution in [0.4, 0.5) is 9.59 Å². The van der Waals surface area contributed by atoms with Crippen molar-refractivity contribution in [3.63, 3.8) is 0 Å². The molecule has 1 aliphatic heterocycles. The van der Waals surface area contributed by atoms with Gasteiger partial charge >= 0.3 is 12.2 Å². The van der Waals surface area contributed by atoms with Crippen molar-refractivity contribution in [3.8, 4) is 0 Å². The Bertz CT molecular complexity index is 413. The standard InChI is InChI=1S/C9H16N2O6S/c1-10(18(2,14)15)8(12)17-9(13)11-4-3-6-16-7-5-11/h3-7H2,1-2H3. The molecule has 0 N–H and O–H groups in total. The van der Waals surface area contributed by atoms with E-state index in [0.717, 1.165) is 13.3 Å². The smallest absolute Gasteiger partial charge is 0.380 e. The normalized spacial score (nSPS) is 16.9. The van der Waals surface area contributed by atoms with Crippen LogP contribution in [0.3, 0.4) is 0 Å². The summed E-state index contributed by atoms with van der Waals surface area (Å²) in [6, 6.07) is 0. The van der Waals surface area contributed by atoms with Crippen molar-refractivity contribution in [1.82, 2.24) is 9.21 Å². The third kappa shape index (κ3) is 4.15. The molecule has 0 atom stereocenters. The van der Waals surface area contributed by atoms with Gasteiger partial charge in [0, 0.05) is 26.7 Å². The number of ether oxygens (including phenoxy) is 2. The molecule has 0 spiro atoms. The van der Waals surface area contributed by atoms with Crippen LogP contribution in [0.15, 0.2) is 0 Å². The maximum atomic E-state index is 11.6. The van der Waals surface area contributed by atoms with Gasteiger partial charge in [-0.2, -0.15) is 0 Å². The van der Waals surface area contributed by atoms with Gasteiger partial charge in [0.1, 0.15) is 0 Å². The number of carbonyl (C=O) groups is 2. The van der Waals surface area contributed by atoms with Crippen LogP contribution in [0.1, 0.15) is 6.42 Å². The molecule has 1 fully saturated rings. The lowest BCUT2D eigenvalue weighted by Gasteiger charge is -2.20. The Morgan fingerprint density at radius 1 is 1.28 bits per heavy atom. The maximum Gasteiger partial charge on any atom is 0.432 e. The Balaban J connectivity index is 2.56. The second kappa shape index (κ2) is 6.01. The molecule has 0 aromatic carbocycles. The van der Waals surface area contributed by atoms with E-state index in [0.29, 0.717) is 37.0 Å². The summed E-state index contributed by atoms with van der Waals surface area (Å²) in [7, 11) is -2.70. The molecular weight excluding hydrogens is 264 g/mol. The van der Waals surface area contributed by atoms with Gasteiger partial charge in [-0.1, -0.05) is 0 Å². The number of hydrogen-bond acceptors (Lipinski definition) is 6. The summed E-state index contributed by atoms with van der Waals surface area (Å²) >= 11 is 0. The molecule has 104 valence electrons. The molecule has 0 unspecified atom stereocenters. The molecule has 8 nitrogen and oxygen atoms in total. The molecule has 0 aliphatic carbocycles. The first-order valence-corrected chi connectivity index (χ1v) is 7.19. The molecule has 1 aliphatic rings. The number of amides is 2. The third-order valence-corrected chi connectivity index (χ3v) is 3.55. The fourth-order valence-electron chi connectivity index (χ4n) is 1.27. The third-order valence-electron chi connectivity index (χ3n) is 2.41. The molecule has 18 heavy (non-hydrogen) atoms. The summed E-state index contributed by atoms with van der Waals surface area (Å²) in [5.41, 5.74) is 0. The van der Waals surface area contributed by atoms with E-state index in [9.17, 15) is 18.0 Å². The highest BCUT2D eigenvalue weighted by Gasteiger charge is 2.25. The number of rotatable bonds is 1. The van der Waals surface area contributed by atoms with E-state index < -0.39 is 22.2 Å². The summed E-state index contributed by atoms with van der Waals surface area (Å²) in [4.78, 5) is 24.3. The van der Waals surface area contributed by atoms with E-state index in [-0.39, 0.29) is 0 Å². The fourth-order valence-corrected chi connectivity index (χ4v) is 1.58. The van der Waals surface area contributed by atoms with Crippen LogP contribution in [0.5, 0.6) is 0 Å². The zero-order valence-corrected chi connectivity index (χ0v) is 11.1. The maximum absolute atomic E-state index is 11.6. The number of hydrogen-bond donors (Lipinski definition) is 0. The van der Waals surface area contributed by atoms with Crippen LogP contribution in [0, 0.1) is 0 Å². The summed E-state index contributed by atoms with van der Waals surface area (Å²) < 4.78 is 32.1. The van der Waals surface area contributed by atoms with Crippen LogP contribution in [-0.2, 0) is 19.5 Å². The van der Waals surface area contributed by atoms with Gasteiger partial charge in [0.25, 0.3) is 0 Å². The second-order valence-corrected chi connectivity index (χ2v) is 5.83. The lowest BCUT2D eigenvalue weighted by Crippen LogP contribution is -2.40. The van der Waals surface area contributed by atoms with Crippen molar-refractivity contribution < 1.29 is 27.5 Å². The second-order valence-electron chi connectivity index (χ2n) is 3.82. The van der Waals surface area contributed by atoms with Crippen LogP contribution in [0.25, 0.3) is 0 Å². The van der Waals surface area contributed by atoms with Gasteiger partial charge < -0.3 is 14.4 Å². The van der Waals surface area contributed by atoms with Gasteiger partial charge in [-0.3, -0.25) is 0 Å². The first-order valence-electron chi connectivity index (χ1n) is 5.34. The Morgan fingerprint density at radius 2 is 1.94 bits per heavy atom. The highest BCUT2D eigenvalue weighted by atomic mass is 32.2. The quantitative estimate of drug-likeness (QED) is 0.620. The summed E-state index contributed by atoms with van der Waals surface area (Å²) in [5, 5.41) is 0. The van der Waals surface area contributed by atoms with Crippen molar-refractivity contribution in [2.45, 2.75) is 6.42 Å². The van der Waals surface area contributed by atoms with Gasteiger partial charge in [0.05, 0.1) is 12.9 Å². The van der Waals surface area contributed by atoms with E-state index in [4.69, 9.17) is 4.74 Å². The van der Waals surface area contributed by atoms with Gasteiger partial charge in [0.2, 0.25) is 10.0 Å². The van der Waals surface area contributed by atoms with E-state index in [1.54, 1.807) is 0 Å². The Hall–Kier alpha value is -1.35. The zero-order chi connectivity index (χ0) is 13.8. The van der Waals surface area contributed by atoms with Crippen molar-refractivity contribution in [1.29, 1.82) is 0 Å². The van der Waals surface area contributed by atoms with Crippen molar-refractivity contribution in [2.75, 3.05) is 39.6 Å². The number of carbonyl (C=O) groups excluding carboxylic acids is 2. The van der Waals surface area contributed by atoms with E-state index in [2.05, 4.69) is 4.74 Å². The average molecular weight is 280 g/mol. The van der Waals surface area contributed by atoms with Crippen LogP contribution < -0.4 is 0 Å². The molecule has 0 aromatic rings. The molecule has 1 heterocycles. The minimum absolute atomic E-state index is 0.314. The molecule has 9 heteroatoms. The molecule has 0 aromatic heterocycles. The van der Waals surface area contributed by atoms with Gasteiger partial charge in [-0.15, -0.1) is 0 Å². The first-order chi connectivity index (χ1) is 8.32. The monoisotopic (exact) mass is 280 g/mol. The van der Waals surface area contributed by atoms with Gasteiger partial charge in [0.15, 0.2) is 0 Å². The largest absolute Gasteiger partial charge is 0.432 e. The highest BCUT2D eigenvalue weighted by molar-refractivity contribution is 7.88. The van der Waals surface area contributed by atoms with E-state index in [1.165, 1.54) is 4.90 Å². The zero-order valence-electron chi connectivity index (χ0n) is 10.3. The summed E-state index contributed by atoms with van der Waals surface area (Å²) in [6.07, 6.45) is -0.586. The van der Waals surface area contributed by atoms with Crippen LogP contribution >= 0.6 is 0 Å². The average Bonchev–Trinajstić information content (AvgIpc) is 2.55. The first kappa shape index (κ1) is 14.7. The Kier molecular flexibility index (Phi) is 4.91. The van der Waals surface area contributed by atoms with Crippen LogP contribution in [0.2, 0.25) is 0 Å². The Labute approximate surface area is 105 Å². The number of sulfonamides is 1. The Morgan fingerprint density at radius 3 is 2.56 bits per heavy atom. The number of nitrogens with zero attached hydrogens (tertiary/aromatic N) is 2. The summed E-state index contributed by atoms with van der Waals surface area (Å²) in [5.74, 6) is 0.